The highest BCUT2D eigenvalue weighted by molar-refractivity contribution is 7.71. The Kier molecular flexibility index (Phi) is 6.61. The first-order valence-corrected chi connectivity index (χ1v) is 9.30. The predicted octanol–water partition coefficient (Wildman–Crippen LogP) is 3.29. The van der Waals surface area contributed by atoms with Crippen LogP contribution in [0.4, 0.5) is 4.39 Å². The molecule has 0 radical (unpaired) electrons. The van der Waals surface area contributed by atoms with E-state index in [1.54, 1.807) is 35.8 Å². The minimum atomic E-state index is -0.325. The molecule has 0 spiro atoms. The maximum atomic E-state index is 12.9. The van der Waals surface area contributed by atoms with Crippen molar-refractivity contribution in [2.75, 3.05) is 27.3 Å². The zero-order valence-corrected chi connectivity index (χ0v) is 16.9. The summed E-state index contributed by atoms with van der Waals surface area (Å²) in [6, 6.07) is 13.1. The van der Waals surface area contributed by atoms with E-state index in [0.717, 1.165) is 11.3 Å². The number of methoxy groups -OCH3 is 1. The molecule has 2 aromatic carbocycles. The van der Waals surface area contributed by atoms with Crippen LogP contribution in [0.25, 0.3) is 11.4 Å². The molecule has 29 heavy (non-hydrogen) atoms. The Hall–Kier alpha value is -3.20. The number of aromatic amines is 1. The Morgan fingerprint density at radius 2 is 1.83 bits per heavy atom. The summed E-state index contributed by atoms with van der Waals surface area (Å²) in [7, 11) is 3.28. The Morgan fingerprint density at radius 1 is 1.17 bits per heavy atom. The molecule has 1 amide bonds. The number of nitrogens with one attached hydrogen (secondary N) is 1. The first-order chi connectivity index (χ1) is 14.0. The number of hydrogen-bond donors (Lipinski definition) is 1. The van der Waals surface area contributed by atoms with Crippen LogP contribution in [0.2, 0.25) is 0 Å². The monoisotopic (exact) mass is 416 g/mol. The maximum absolute atomic E-state index is 12.9. The molecule has 0 fully saturated rings. The fourth-order valence-electron chi connectivity index (χ4n) is 2.64. The molecule has 3 rings (SSSR count). The van der Waals surface area contributed by atoms with Crippen molar-refractivity contribution in [3.63, 3.8) is 0 Å². The van der Waals surface area contributed by atoms with Crippen molar-refractivity contribution in [2.24, 2.45) is 0 Å². The van der Waals surface area contributed by atoms with Gasteiger partial charge >= 0.3 is 0 Å². The lowest BCUT2D eigenvalue weighted by molar-refractivity contribution is -0.130. The van der Waals surface area contributed by atoms with Crippen LogP contribution in [0.3, 0.4) is 0 Å². The van der Waals surface area contributed by atoms with Gasteiger partial charge in [-0.25, -0.2) is 4.39 Å². The van der Waals surface area contributed by atoms with E-state index in [1.807, 2.05) is 24.3 Å². The summed E-state index contributed by atoms with van der Waals surface area (Å²) < 4.78 is 25.6. The molecule has 7 nitrogen and oxygen atoms in total. The summed E-state index contributed by atoms with van der Waals surface area (Å²) in [6.07, 6.45) is 0. The van der Waals surface area contributed by atoms with E-state index >= 15 is 0 Å². The summed E-state index contributed by atoms with van der Waals surface area (Å²) >= 11 is 5.28. The largest absolute Gasteiger partial charge is 0.497 e. The zero-order valence-electron chi connectivity index (χ0n) is 16.1. The molecular formula is C20H21FN4O3S. The molecule has 0 bridgehead atoms. The summed E-state index contributed by atoms with van der Waals surface area (Å²) in [5.41, 5.74) is 0.813. The lowest BCUT2D eigenvalue weighted by atomic mass is 10.2. The minimum Gasteiger partial charge on any atom is -0.497 e. The number of benzene rings is 2. The zero-order chi connectivity index (χ0) is 20.8. The van der Waals surface area contributed by atoms with Crippen molar-refractivity contribution in [1.29, 1.82) is 0 Å². The van der Waals surface area contributed by atoms with Crippen LogP contribution in [0.1, 0.15) is 0 Å². The van der Waals surface area contributed by atoms with E-state index in [4.69, 9.17) is 21.7 Å². The molecule has 1 heterocycles. The molecule has 0 unspecified atom stereocenters. The van der Waals surface area contributed by atoms with Gasteiger partial charge in [-0.1, -0.05) is 0 Å². The fourth-order valence-corrected chi connectivity index (χ4v) is 2.83. The molecular weight excluding hydrogens is 395 g/mol. The standard InChI is InChI=1S/C20H21FN4O3S/c1-24(11-12-28-17-9-5-15(21)6-10-17)18(26)13-25-19(22-23-20(25)29)14-3-7-16(27-2)8-4-14/h3-10H,11-13H2,1-2H3,(H,23,29). The molecule has 0 aliphatic heterocycles. The van der Waals surface area contributed by atoms with Crippen molar-refractivity contribution in [3.05, 3.63) is 59.1 Å². The van der Waals surface area contributed by atoms with Gasteiger partial charge in [0.15, 0.2) is 10.6 Å². The normalized spacial score (nSPS) is 10.6. The topological polar surface area (TPSA) is 72.4 Å². The molecule has 0 aliphatic rings. The molecule has 0 atom stereocenters. The van der Waals surface area contributed by atoms with Gasteiger partial charge in [0.2, 0.25) is 5.91 Å². The summed E-state index contributed by atoms with van der Waals surface area (Å²) in [6.45, 7) is 0.707. The van der Waals surface area contributed by atoms with Crippen LogP contribution < -0.4 is 9.47 Å². The van der Waals surface area contributed by atoms with Crippen LogP contribution in [0, 0.1) is 10.6 Å². The van der Waals surface area contributed by atoms with E-state index in [1.165, 1.54) is 12.1 Å². The quantitative estimate of drug-likeness (QED) is 0.571. The van der Waals surface area contributed by atoms with Gasteiger partial charge in [-0.2, -0.15) is 5.10 Å². The molecule has 0 saturated carbocycles. The van der Waals surface area contributed by atoms with Crippen LogP contribution in [-0.4, -0.2) is 52.9 Å². The molecule has 152 valence electrons. The van der Waals surface area contributed by atoms with Gasteiger partial charge in [0.05, 0.1) is 13.7 Å². The third kappa shape index (κ3) is 5.20. The van der Waals surface area contributed by atoms with Crippen molar-refractivity contribution in [3.8, 4) is 22.9 Å². The van der Waals surface area contributed by atoms with Crippen LogP contribution in [0.15, 0.2) is 48.5 Å². The highest BCUT2D eigenvalue weighted by Crippen LogP contribution is 2.21. The first-order valence-electron chi connectivity index (χ1n) is 8.90. The van der Waals surface area contributed by atoms with Gasteiger partial charge < -0.3 is 14.4 Å². The Bertz CT molecular complexity index is 1020. The molecule has 9 heteroatoms. The Balaban J connectivity index is 1.61. The third-order valence-corrected chi connectivity index (χ3v) is 4.65. The highest BCUT2D eigenvalue weighted by Gasteiger charge is 2.15. The van der Waals surface area contributed by atoms with E-state index in [2.05, 4.69) is 10.2 Å². The molecule has 3 aromatic rings. The number of hydrogen-bond acceptors (Lipinski definition) is 5. The number of carbonyl (C=O) groups is 1. The van der Waals surface area contributed by atoms with Gasteiger partial charge in [-0.3, -0.25) is 14.5 Å². The third-order valence-electron chi connectivity index (χ3n) is 4.33. The predicted molar refractivity (Wildman–Crippen MR) is 109 cm³/mol. The van der Waals surface area contributed by atoms with Crippen LogP contribution in [0.5, 0.6) is 11.5 Å². The number of carbonyl (C=O) groups excluding carboxylic acids is 1. The number of rotatable bonds is 8. The summed E-state index contributed by atoms with van der Waals surface area (Å²) in [4.78, 5) is 14.2. The van der Waals surface area contributed by atoms with Crippen LogP contribution >= 0.6 is 12.2 Å². The molecule has 1 aromatic heterocycles. The SMILES string of the molecule is COc1ccc(-c2n[nH]c(=S)n2CC(=O)N(C)CCOc2ccc(F)cc2)cc1. The number of halogens is 1. The molecule has 0 aliphatic carbocycles. The highest BCUT2D eigenvalue weighted by atomic mass is 32.1. The lowest BCUT2D eigenvalue weighted by Gasteiger charge is -2.18. The van der Waals surface area contributed by atoms with Crippen molar-refractivity contribution in [1.82, 2.24) is 19.7 Å². The molecule has 1 N–H and O–H groups in total. The van der Waals surface area contributed by atoms with Gasteiger partial charge in [-0.05, 0) is 60.7 Å². The summed E-state index contributed by atoms with van der Waals surface area (Å²) in [5, 5.41) is 6.98. The fraction of sp³-hybridized carbons (Fsp3) is 0.250. The number of aromatic nitrogens is 3. The number of likely N-dealkylation sites (N-methyl/N-ethyl adjacent to an activating group) is 1. The first kappa shape index (κ1) is 20.5. The summed E-state index contributed by atoms with van der Waals surface area (Å²) in [5.74, 6) is 1.38. The Morgan fingerprint density at radius 3 is 2.48 bits per heavy atom. The Labute approximate surface area is 172 Å². The van der Waals surface area contributed by atoms with Gasteiger partial charge in [-0.15, -0.1) is 0 Å². The van der Waals surface area contributed by atoms with Crippen molar-refractivity contribution in [2.45, 2.75) is 6.54 Å². The van der Waals surface area contributed by atoms with E-state index in [-0.39, 0.29) is 24.9 Å². The van der Waals surface area contributed by atoms with E-state index < -0.39 is 0 Å². The van der Waals surface area contributed by atoms with Gasteiger partial charge in [0.25, 0.3) is 0 Å². The second kappa shape index (κ2) is 9.33. The number of H-pyrrole nitrogens is 1. The minimum absolute atomic E-state index is 0.0454. The van der Waals surface area contributed by atoms with Gasteiger partial charge in [0, 0.05) is 12.6 Å². The number of nitrogens with zero attached hydrogens (tertiary/aromatic N) is 3. The molecule has 0 saturated heterocycles. The smallest absolute Gasteiger partial charge is 0.242 e. The maximum Gasteiger partial charge on any atom is 0.242 e. The number of amides is 1. The van der Waals surface area contributed by atoms with Crippen molar-refractivity contribution >= 4 is 18.1 Å². The van der Waals surface area contributed by atoms with Gasteiger partial charge in [0.1, 0.15) is 30.5 Å². The second-order valence-electron chi connectivity index (χ2n) is 6.28. The van der Waals surface area contributed by atoms with E-state index in [0.29, 0.717) is 22.9 Å². The number of ether oxygens (including phenoxy) is 2. The van der Waals surface area contributed by atoms with Crippen molar-refractivity contribution < 1.29 is 18.7 Å². The lowest BCUT2D eigenvalue weighted by Crippen LogP contribution is -2.33. The average molecular weight is 416 g/mol. The van der Waals surface area contributed by atoms with Crippen LogP contribution in [-0.2, 0) is 11.3 Å². The average Bonchev–Trinajstić information content (AvgIpc) is 3.09. The second-order valence-corrected chi connectivity index (χ2v) is 6.67. The van der Waals surface area contributed by atoms with E-state index in [9.17, 15) is 9.18 Å².